The summed E-state index contributed by atoms with van der Waals surface area (Å²) < 4.78 is 5.93. The van der Waals surface area contributed by atoms with Crippen molar-refractivity contribution in [3.8, 4) is 0 Å². The Hall–Kier alpha value is -1.50. The molecule has 1 heterocycles. The van der Waals surface area contributed by atoms with Crippen LogP contribution in [-0.4, -0.2) is 6.10 Å². The van der Waals surface area contributed by atoms with E-state index in [4.69, 9.17) is 4.74 Å². The molecule has 1 aromatic rings. The molecule has 1 nitrogen and oxygen atoms in total. The highest BCUT2D eigenvalue weighted by atomic mass is 16.5. The summed E-state index contributed by atoms with van der Waals surface area (Å²) in [6, 6.07) is 10.7. The van der Waals surface area contributed by atoms with Gasteiger partial charge in [0, 0.05) is 5.92 Å². The van der Waals surface area contributed by atoms with Gasteiger partial charge < -0.3 is 4.74 Å². The molecule has 0 amide bonds. The molecule has 3 atom stereocenters. The second-order valence-electron chi connectivity index (χ2n) is 6.10. The van der Waals surface area contributed by atoms with Crippen molar-refractivity contribution in [3.05, 3.63) is 54.3 Å². The summed E-state index contributed by atoms with van der Waals surface area (Å²) in [5.74, 6) is 1.97. The van der Waals surface area contributed by atoms with E-state index in [1.165, 1.54) is 17.6 Å². The summed E-state index contributed by atoms with van der Waals surface area (Å²) in [6.45, 7) is 4.63. The van der Waals surface area contributed by atoms with Gasteiger partial charge in [0.15, 0.2) is 0 Å². The van der Waals surface area contributed by atoms with Crippen molar-refractivity contribution in [1.29, 1.82) is 0 Å². The van der Waals surface area contributed by atoms with Crippen LogP contribution in [-0.2, 0) is 4.74 Å². The fraction of sp³-hybridized carbons (Fsp3) is 0.444. The van der Waals surface area contributed by atoms with Crippen LogP contribution in [0.3, 0.4) is 0 Å². The maximum absolute atomic E-state index is 5.93. The molecule has 19 heavy (non-hydrogen) atoms. The first-order chi connectivity index (χ1) is 9.25. The highest BCUT2D eigenvalue weighted by Crippen LogP contribution is 2.44. The zero-order valence-corrected chi connectivity index (χ0v) is 11.8. The van der Waals surface area contributed by atoms with Crippen molar-refractivity contribution in [3.63, 3.8) is 0 Å². The van der Waals surface area contributed by atoms with Gasteiger partial charge in [0.25, 0.3) is 0 Å². The van der Waals surface area contributed by atoms with Crippen LogP contribution < -0.4 is 0 Å². The lowest BCUT2D eigenvalue weighted by Crippen LogP contribution is -2.30. The van der Waals surface area contributed by atoms with Crippen molar-refractivity contribution >= 4 is 5.57 Å². The standard InChI is InChI=1S/C18H22O/c1-13(2)11-16-15-9-6-10-18(15)19-12-17(16)14-7-4-3-5-8-14/h3-8,10,12-13,15-16,18H,9,11H2,1-2H3/t15-,16+,18-/m1/s1. The lowest BCUT2D eigenvalue weighted by Gasteiger charge is -2.35. The molecule has 3 rings (SSSR count). The summed E-state index contributed by atoms with van der Waals surface area (Å²) in [5.41, 5.74) is 2.71. The van der Waals surface area contributed by atoms with Crippen LogP contribution in [0.5, 0.6) is 0 Å². The van der Waals surface area contributed by atoms with Gasteiger partial charge in [-0.25, -0.2) is 0 Å². The lowest BCUT2D eigenvalue weighted by atomic mass is 9.75. The Morgan fingerprint density at radius 2 is 2.00 bits per heavy atom. The van der Waals surface area contributed by atoms with Crippen LogP contribution in [0.4, 0.5) is 0 Å². The van der Waals surface area contributed by atoms with E-state index in [-0.39, 0.29) is 0 Å². The molecule has 0 spiro atoms. The van der Waals surface area contributed by atoms with E-state index in [0.29, 0.717) is 17.9 Å². The minimum Gasteiger partial charge on any atom is -0.493 e. The molecule has 100 valence electrons. The van der Waals surface area contributed by atoms with Gasteiger partial charge >= 0.3 is 0 Å². The number of benzene rings is 1. The molecule has 1 heteroatoms. The fourth-order valence-corrected chi connectivity index (χ4v) is 3.38. The second kappa shape index (κ2) is 5.24. The molecule has 0 N–H and O–H groups in total. The van der Waals surface area contributed by atoms with Crippen LogP contribution in [0.2, 0.25) is 0 Å². The van der Waals surface area contributed by atoms with E-state index in [9.17, 15) is 0 Å². The first kappa shape index (κ1) is 12.5. The van der Waals surface area contributed by atoms with Crippen LogP contribution >= 0.6 is 0 Å². The average molecular weight is 254 g/mol. The van der Waals surface area contributed by atoms with Gasteiger partial charge in [-0.05, 0) is 41.9 Å². The van der Waals surface area contributed by atoms with Gasteiger partial charge in [-0.1, -0.05) is 50.3 Å². The maximum Gasteiger partial charge on any atom is 0.120 e. The van der Waals surface area contributed by atoms with E-state index < -0.39 is 0 Å². The highest BCUT2D eigenvalue weighted by molar-refractivity contribution is 5.67. The average Bonchev–Trinajstić information content (AvgIpc) is 2.88. The quantitative estimate of drug-likeness (QED) is 0.712. The maximum atomic E-state index is 5.93. The molecule has 0 aromatic heterocycles. The van der Waals surface area contributed by atoms with E-state index in [1.54, 1.807) is 0 Å². The molecule has 1 aliphatic heterocycles. The molecule has 0 radical (unpaired) electrons. The monoisotopic (exact) mass is 254 g/mol. The van der Waals surface area contributed by atoms with Gasteiger partial charge in [0.05, 0.1) is 6.26 Å². The number of fused-ring (bicyclic) bond motifs is 1. The third kappa shape index (κ3) is 2.47. The molecule has 0 fully saturated rings. The number of hydrogen-bond donors (Lipinski definition) is 0. The molecule has 1 aromatic carbocycles. The largest absolute Gasteiger partial charge is 0.493 e. The minimum atomic E-state index is 0.302. The van der Waals surface area contributed by atoms with Crippen LogP contribution in [0, 0.1) is 17.8 Å². The summed E-state index contributed by atoms with van der Waals surface area (Å²) in [4.78, 5) is 0. The molecule has 0 bridgehead atoms. The van der Waals surface area contributed by atoms with Crippen molar-refractivity contribution in [2.45, 2.75) is 32.8 Å². The Labute approximate surface area is 116 Å². The van der Waals surface area contributed by atoms with Gasteiger partial charge in [-0.3, -0.25) is 0 Å². The molecular formula is C18H22O. The Balaban J connectivity index is 1.92. The minimum absolute atomic E-state index is 0.302. The third-order valence-corrected chi connectivity index (χ3v) is 4.26. The summed E-state index contributed by atoms with van der Waals surface area (Å²) in [6.07, 6.45) is 9.23. The van der Waals surface area contributed by atoms with Crippen molar-refractivity contribution < 1.29 is 4.74 Å². The van der Waals surface area contributed by atoms with Crippen LogP contribution in [0.1, 0.15) is 32.3 Å². The van der Waals surface area contributed by atoms with Crippen molar-refractivity contribution in [2.75, 3.05) is 0 Å². The van der Waals surface area contributed by atoms with Gasteiger partial charge in [0.2, 0.25) is 0 Å². The van der Waals surface area contributed by atoms with E-state index in [1.807, 2.05) is 6.26 Å². The lowest BCUT2D eigenvalue weighted by molar-refractivity contribution is 0.0934. The smallest absolute Gasteiger partial charge is 0.120 e. The molecule has 0 unspecified atom stereocenters. The van der Waals surface area contributed by atoms with Gasteiger partial charge in [-0.2, -0.15) is 0 Å². The summed E-state index contributed by atoms with van der Waals surface area (Å²) in [5, 5.41) is 0. The summed E-state index contributed by atoms with van der Waals surface area (Å²) in [7, 11) is 0. The van der Waals surface area contributed by atoms with Crippen LogP contribution in [0.25, 0.3) is 5.57 Å². The number of allylic oxidation sites excluding steroid dienone is 2. The highest BCUT2D eigenvalue weighted by Gasteiger charge is 2.37. The zero-order valence-electron chi connectivity index (χ0n) is 11.8. The fourth-order valence-electron chi connectivity index (χ4n) is 3.38. The number of ether oxygens (including phenoxy) is 1. The normalized spacial score (nSPS) is 29.0. The predicted octanol–water partition coefficient (Wildman–Crippen LogP) is 4.66. The molecule has 2 aliphatic rings. The number of rotatable bonds is 3. The third-order valence-electron chi connectivity index (χ3n) is 4.26. The van der Waals surface area contributed by atoms with Gasteiger partial charge in [0.1, 0.15) is 6.10 Å². The van der Waals surface area contributed by atoms with E-state index in [0.717, 1.165) is 12.3 Å². The first-order valence-corrected chi connectivity index (χ1v) is 7.33. The SMILES string of the molecule is CC(C)C[C@@H]1C(c2ccccc2)=CO[C@@H]2C=CC[C@H]12. The van der Waals surface area contributed by atoms with E-state index >= 15 is 0 Å². The first-order valence-electron chi connectivity index (χ1n) is 7.33. The Bertz CT molecular complexity index is 484. The predicted molar refractivity (Wildman–Crippen MR) is 79.5 cm³/mol. The van der Waals surface area contributed by atoms with Crippen molar-refractivity contribution in [1.82, 2.24) is 0 Å². The molecule has 0 saturated heterocycles. The number of hydrogen-bond acceptors (Lipinski definition) is 1. The van der Waals surface area contributed by atoms with Gasteiger partial charge in [-0.15, -0.1) is 0 Å². The van der Waals surface area contributed by atoms with Crippen LogP contribution in [0.15, 0.2) is 48.7 Å². The second-order valence-corrected chi connectivity index (χ2v) is 6.10. The Kier molecular flexibility index (Phi) is 3.46. The Morgan fingerprint density at radius 3 is 2.74 bits per heavy atom. The van der Waals surface area contributed by atoms with Crippen molar-refractivity contribution in [2.24, 2.45) is 17.8 Å². The zero-order chi connectivity index (χ0) is 13.2. The Morgan fingerprint density at radius 1 is 1.21 bits per heavy atom. The molecule has 0 saturated carbocycles. The molecular weight excluding hydrogens is 232 g/mol. The topological polar surface area (TPSA) is 9.23 Å². The van der Waals surface area contributed by atoms with E-state index in [2.05, 4.69) is 56.3 Å². The summed E-state index contributed by atoms with van der Waals surface area (Å²) >= 11 is 0. The molecule has 1 aliphatic carbocycles.